The maximum Gasteiger partial charge on any atom is 0.325 e. The zero-order valence-electron chi connectivity index (χ0n) is 9.85. The molecule has 9 nitrogen and oxygen atoms in total. The van der Waals surface area contributed by atoms with Crippen molar-refractivity contribution in [3.63, 3.8) is 0 Å². The average Bonchev–Trinajstić information content (AvgIpc) is 2.74. The fraction of sp³-hybridized carbons (Fsp3) is 0.222. The van der Waals surface area contributed by atoms with Gasteiger partial charge in [-0.15, -0.1) is 0 Å². The van der Waals surface area contributed by atoms with Gasteiger partial charge in [0, 0.05) is 11.8 Å². The quantitative estimate of drug-likeness (QED) is 0.579. The van der Waals surface area contributed by atoms with Crippen LogP contribution >= 0.6 is 0 Å². The van der Waals surface area contributed by atoms with Gasteiger partial charge < -0.3 is 4.98 Å². The molecule has 0 saturated carbocycles. The van der Waals surface area contributed by atoms with Crippen LogP contribution in [0.1, 0.15) is 12.5 Å². The number of nitrogens with one attached hydrogen (secondary N) is 4. The van der Waals surface area contributed by atoms with Crippen LogP contribution in [-0.2, 0) is 16.4 Å². The molecule has 2 aromatic rings. The third-order valence-corrected chi connectivity index (χ3v) is 3.77. The molecule has 102 valence electrons. The standard InChI is InChI=1S/C9H11N5O4S/c1-2-5-3-11-13-7(5)14-19(17,18)6-4-10-9(16)12-8(6)15/h3-4H,2H2,1H3,(H2,11,13,14)(H2,10,12,15,16). The number of anilines is 1. The predicted octanol–water partition coefficient (Wildman–Crippen LogP) is -0.851. The SMILES string of the molecule is CCc1cn[nH]c1NS(=O)(=O)c1c[nH]c(=O)[nH]c1=O. The topological polar surface area (TPSA) is 141 Å². The minimum atomic E-state index is -4.10. The molecule has 0 unspecified atom stereocenters. The lowest BCUT2D eigenvalue weighted by Gasteiger charge is -2.06. The summed E-state index contributed by atoms with van der Waals surface area (Å²) < 4.78 is 26.2. The molecule has 0 saturated heterocycles. The summed E-state index contributed by atoms with van der Waals surface area (Å²) >= 11 is 0. The Kier molecular flexibility index (Phi) is 3.25. The summed E-state index contributed by atoms with van der Waals surface area (Å²) in [6.07, 6.45) is 2.89. The van der Waals surface area contributed by atoms with Crippen molar-refractivity contribution in [1.29, 1.82) is 0 Å². The summed E-state index contributed by atoms with van der Waals surface area (Å²) in [5.41, 5.74) is -1.11. The molecule has 0 fully saturated rings. The van der Waals surface area contributed by atoms with Crippen LogP contribution in [0.4, 0.5) is 5.82 Å². The van der Waals surface area contributed by atoms with E-state index in [1.165, 1.54) is 6.20 Å². The van der Waals surface area contributed by atoms with Crippen molar-refractivity contribution in [2.75, 3.05) is 4.72 Å². The van der Waals surface area contributed by atoms with Crippen LogP contribution in [0.3, 0.4) is 0 Å². The van der Waals surface area contributed by atoms with E-state index in [9.17, 15) is 18.0 Å². The van der Waals surface area contributed by atoms with E-state index in [1.807, 2.05) is 11.9 Å². The lowest BCUT2D eigenvalue weighted by molar-refractivity contribution is 0.598. The zero-order chi connectivity index (χ0) is 14.0. The third-order valence-electron chi connectivity index (χ3n) is 2.41. The van der Waals surface area contributed by atoms with Gasteiger partial charge in [0.05, 0.1) is 6.20 Å². The number of H-pyrrole nitrogens is 3. The fourth-order valence-electron chi connectivity index (χ4n) is 1.45. The first-order valence-electron chi connectivity index (χ1n) is 5.31. The van der Waals surface area contributed by atoms with E-state index in [2.05, 4.69) is 19.9 Å². The monoisotopic (exact) mass is 285 g/mol. The van der Waals surface area contributed by atoms with Gasteiger partial charge in [-0.25, -0.2) is 13.2 Å². The van der Waals surface area contributed by atoms with Gasteiger partial charge in [-0.2, -0.15) is 5.10 Å². The van der Waals surface area contributed by atoms with Gasteiger partial charge in [-0.05, 0) is 6.42 Å². The number of aryl methyl sites for hydroxylation is 1. The summed E-state index contributed by atoms with van der Waals surface area (Å²) in [5, 5.41) is 6.20. The van der Waals surface area contributed by atoms with Crippen molar-refractivity contribution in [1.82, 2.24) is 20.2 Å². The second-order valence-electron chi connectivity index (χ2n) is 3.67. The number of hydrogen-bond donors (Lipinski definition) is 4. The minimum Gasteiger partial charge on any atom is -0.313 e. The zero-order valence-corrected chi connectivity index (χ0v) is 10.7. The summed E-state index contributed by atoms with van der Waals surface area (Å²) in [7, 11) is -4.10. The lowest BCUT2D eigenvalue weighted by Crippen LogP contribution is -2.29. The summed E-state index contributed by atoms with van der Waals surface area (Å²) in [6.45, 7) is 1.83. The smallest absolute Gasteiger partial charge is 0.313 e. The number of hydrogen-bond acceptors (Lipinski definition) is 5. The van der Waals surface area contributed by atoms with Crippen LogP contribution in [-0.4, -0.2) is 28.6 Å². The molecule has 2 heterocycles. The molecule has 0 amide bonds. The van der Waals surface area contributed by atoms with Crippen LogP contribution < -0.4 is 16.0 Å². The highest BCUT2D eigenvalue weighted by molar-refractivity contribution is 7.92. The Morgan fingerprint density at radius 3 is 2.74 bits per heavy atom. The second-order valence-corrected chi connectivity index (χ2v) is 5.32. The Balaban J connectivity index is 2.44. The van der Waals surface area contributed by atoms with Crippen molar-refractivity contribution < 1.29 is 8.42 Å². The van der Waals surface area contributed by atoms with E-state index in [-0.39, 0.29) is 5.82 Å². The largest absolute Gasteiger partial charge is 0.325 e. The molecule has 0 spiro atoms. The molecule has 0 atom stereocenters. The molecular weight excluding hydrogens is 274 g/mol. The highest BCUT2D eigenvalue weighted by atomic mass is 32.2. The number of aromatic amines is 3. The molecule has 0 bridgehead atoms. The Bertz CT molecular complexity index is 800. The maximum absolute atomic E-state index is 12.0. The average molecular weight is 285 g/mol. The highest BCUT2D eigenvalue weighted by Gasteiger charge is 2.20. The Hall–Kier alpha value is -2.36. The van der Waals surface area contributed by atoms with Gasteiger partial charge in [0.2, 0.25) is 0 Å². The number of rotatable bonds is 4. The van der Waals surface area contributed by atoms with E-state index in [0.717, 1.165) is 6.20 Å². The molecular formula is C9H11N5O4S. The van der Waals surface area contributed by atoms with Gasteiger partial charge in [0.1, 0.15) is 5.82 Å². The molecule has 0 aromatic carbocycles. The van der Waals surface area contributed by atoms with E-state index in [4.69, 9.17) is 0 Å². The Labute approximate surface area is 107 Å². The number of aromatic nitrogens is 4. The van der Waals surface area contributed by atoms with Gasteiger partial charge in [0.25, 0.3) is 15.6 Å². The van der Waals surface area contributed by atoms with E-state index < -0.39 is 26.2 Å². The predicted molar refractivity (Wildman–Crippen MR) is 66.5 cm³/mol. The first kappa shape index (κ1) is 13.1. The maximum atomic E-state index is 12.0. The van der Waals surface area contributed by atoms with Crippen LogP contribution in [0.2, 0.25) is 0 Å². The first-order chi connectivity index (χ1) is 8.94. The molecule has 2 aromatic heterocycles. The number of sulfonamides is 1. The van der Waals surface area contributed by atoms with Crippen LogP contribution in [0.25, 0.3) is 0 Å². The Morgan fingerprint density at radius 1 is 1.37 bits per heavy atom. The van der Waals surface area contributed by atoms with Crippen LogP contribution in [0, 0.1) is 0 Å². The lowest BCUT2D eigenvalue weighted by atomic mass is 10.3. The minimum absolute atomic E-state index is 0.188. The van der Waals surface area contributed by atoms with Crippen molar-refractivity contribution >= 4 is 15.8 Å². The normalized spacial score (nSPS) is 11.4. The van der Waals surface area contributed by atoms with Crippen molar-refractivity contribution in [3.8, 4) is 0 Å². The van der Waals surface area contributed by atoms with E-state index in [0.29, 0.717) is 12.0 Å². The molecule has 2 rings (SSSR count). The first-order valence-corrected chi connectivity index (χ1v) is 6.79. The molecule has 0 aliphatic carbocycles. The third kappa shape index (κ3) is 2.57. The molecule has 0 aliphatic heterocycles. The van der Waals surface area contributed by atoms with Gasteiger partial charge in [-0.3, -0.25) is 19.6 Å². The molecule has 0 radical (unpaired) electrons. The molecule has 4 N–H and O–H groups in total. The second kappa shape index (κ2) is 4.72. The van der Waals surface area contributed by atoms with Gasteiger partial charge >= 0.3 is 5.69 Å². The van der Waals surface area contributed by atoms with Crippen molar-refractivity contribution in [2.24, 2.45) is 0 Å². The van der Waals surface area contributed by atoms with E-state index >= 15 is 0 Å². The van der Waals surface area contributed by atoms with E-state index in [1.54, 1.807) is 0 Å². The molecule has 10 heteroatoms. The van der Waals surface area contributed by atoms with Crippen LogP contribution in [0.15, 0.2) is 26.9 Å². The fourth-order valence-corrected chi connectivity index (χ4v) is 2.52. The van der Waals surface area contributed by atoms with Crippen molar-refractivity contribution in [3.05, 3.63) is 38.8 Å². The van der Waals surface area contributed by atoms with Crippen molar-refractivity contribution in [2.45, 2.75) is 18.2 Å². The highest BCUT2D eigenvalue weighted by Crippen LogP contribution is 2.15. The molecule has 0 aliphatic rings. The van der Waals surface area contributed by atoms with Crippen LogP contribution in [0.5, 0.6) is 0 Å². The van der Waals surface area contributed by atoms with Gasteiger partial charge in [0.15, 0.2) is 4.90 Å². The molecule has 19 heavy (non-hydrogen) atoms. The summed E-state index contributed by atoms with van der Waals surface area (Å²) in [4.78, 5) is 25.7. The van der Waals surface area contributed by atoms with Gasteiger partial charge in [-0.1, -0.05) is 6.92 Å². The number of nitrogens with zero attached hydrogens (tertiary/aromatic N) is 1. The Morgan fingerprint density at radius 2 is 2.11 bits per heavy atom. The summed E-state index contributed by atoms with van der Waals surface area (Å²) in [6, 6.07) is 0. The summed E-state index contributed by atoms with van der Waals surface area (Å²) in [5.74, 6) is 0.188.